The summed E-state index contributed by atoms with van der Waals surface area (Å²) >= 11 is 0. The van der Waals surface area contributed by atoms with E-state index in [0.29, 0.717) is 12.6 Å². The van der Waals surface area contributed by atoms with E-state index >= 15 is 0 Å². The first kappa shape index (κ1) is 15.3. The highest BCUT2D eigenvalue weighted by atomic mass is 35.5. The van der Waals surface area contributed by atoms with Crippen molar-refractivity contribution in [1.82, 2.24) is 5.32 Å². The van der Waals surface area contributed by atoms with Crippen LogP contribution in [0.5, 0.6) is 0 Å². The highest BCUT2D eigenvalue weighted by Gasteiger charge is 2.22. The summed E-state index contributed by atoms with van der Waals surface area (Å²) in [5, 5.41) is 24.7. The van der Waals surface area contributed by atoms with Crippen LogP contribution in [0.25, 0.3) is 10.8 Å². The Morgan fingerprint density at radius 1 is 1.05 bits per heavy atom. The third-order valence-electron chi connectivity index (χ3n) is 3.94. The molecule has 1 aliphatic heterocycles. The number of halogens is 1. The van der Waals surface area contributed by atoms with Crippen LogP contribution in [0.4, 0.5) is 0 Å². The van der Waals surface area contributed by atoms with Crippen molar-refractivity contribution < 1.29 is 10.2 Å². The molecule has 1 aliphatic rings. The number of aliphatic hydroxyl groups excluding tert-OH is 2. The predicted molar refractivity (Wildman–Crippen MR) is 83.2 cm³/mol. The molecule has 20 heavy (non-hydrogen) atoms. The Morgan fingerprint density at radius 2 is 1.70 bits per heavy atom. The van der Waals surface area contributed by atoms with Crippen molar-refractivity contribution in [2.45, 2.75) is 31.6 Å². The SMILES string of the molecule is Cl.OCc1ccc(C[C@@H]2C[C@@H](O)CN2)c2ccccc12. The van der Waals surface area contributed by atoms with Gasteiger partial charge in [-0.15, -0.1) is 12.4 Å². The lowest BCUT2D eigenvalue weighted by Crippen LogP contribution is -2.23. The monoisotopic (exact) mass is 293 g/mol. The van der Waals surface area contributed by atoms with Gasteiger partial charge in [0.15, 0.2) is 0 Å². The summed E-state index contributed by atoms with van der Waals surface area (Å²) in [7, 11) is 0. The summed E-state index contributed by atoms with van der Waals surface area (Å²) in [4.78, 5) is 0. The van der Waals surface area contributed by atoms with E-state index in [4.69, 9.17) is 0 Å². The molecule has 3 rings (SSSR count). The van der Waals surface area contributed by atoms with E-state index in [1.165, 1.54) is 10.9 Å². The van der Waals surface area contributed by atoms with Gasteiger partial charge in [0.1, 0.15) is 0 Å². The van der Waals surface area contributed by atoms with E-state index in [2.05, 4.69) is 23.5 Å². The Hall–Kier alpha value is -1.13. The standard InChI is InChI=1S/C16H19NO2.ClH/c18-10-12-6-5-11(7-13-8-14(19)9-17-13)15-3-1-2-4-16(12)15;/h1-6,13-14,17-19H,7-10H2;1H/t13-,14-;/m1./s1. The molecule has 0 bridgehead atoms. The van der Waals surface area contributed by atoms with Gasteiger partial charge in [0, 0.05) is 12.6 Å². The van der Waals surface area contributed by atoms with Gasteiger partial charge < -0.3 is 15.5 Å². The molecule has 3 N–H and O–H groups in total. The van der Waals surface area contributed by atoms with Gasteiger partial charge in [0.25, 0.3) is 0 Å². The zero-order valence-corrected chi connectivity index (χ0v) is 12.1. The van der Waals surface area contributed by atoms with E-state index in [0.717, 1.165) is 23.8 Å². The van der Waals surface area contributed by atoms with Gasteiger partial charge >= 0.3 is 0 Å². The molecule has 0 unspecified atom stereocenters. The number of β-amino-alcohol motifs (C(OH)–C–C–N with tert-alkyl or cyclic N) is 1. The van der Waals surface area contributed by atoms with Crippen molar-refractivity contribution in [3.8, 4) is 0 Å². The minimum absolute atomic E-state index is 0. The van der Waals surface area contributed by atoms with Crippen molar-refractivity contribution in [3.05, 3.63) is 47.5 Å². The molecule has 0 aliphatic carbocycles. The van der Waals surface area contributed by atoms with Crippen LogP contribution in [-0.2, 0) is 13.0 Å². The smallest absolute Gasteiger partial charge is 0.0687 e. The second-order valence-corrected chi connectivity index (χ2v) is 5.29. The number of rotatable bonds is 3. The molecule has 4 heteroatoms. The fourth-order valence-corrected chi connectivity index (χ4v) is 2.96. The normalized spacial score (nSPS) is 21.9. The van der Waals surface area contributed by atoms with Crippen molar-refractivity contribution in [2.24, 2.45) is 0 Å². The van der Waals surface area contributed by atoms with Gasteiger partial charge in [0.2, 0.25) is 0 Å². The largest absolute Gasteiger partial charge is 0.392 e. The zero-order chi connectivity index (χ0) is 13.2. The molecule has 2 aromatic rings. The molecule has 3 nitrogen and oxygen atoms in total. The van der Waals surface area contributed by atoms with Crippen LogP contribution in [0.3, 0.4) is 0 Å². The maximum absolute atomic E-state index is 9.58. The summed E-state index contributed by atoms with van der Waals surface area (Å²) < 4.78 is 0. The van der Waals surface area contributed by atoms with Crippen molar-refractivity contribution in [3.63, 3.8) is 0 Å². The lowest BCUT2D eigenvalue weighted by molar-refractivity contribution is 0.193. The van der Waals surface area contributed by atoms with Crippen LogP contribution >= 0.6 is 12.4 Å². The topological polar surface area (TPSA) is 52.5 Å². The van der Waals surface area contributed by atoms with Gasteiger partial charge in [-0.3, -0.25) is 0 Å². The molecule has 2 atom stereocenters. The molecule has 1 fully saturated rings. The lowest BCUT2D eigenvalue weighted by Gasteiger charge is -2.14. The molecule has 1 saturated heterocycles. The van der Waals surface area contributed by atoms with Crippen molar-refractivity contribution >= 4 is 23.2 Å². The van der Waals surface area contributed by atoms with E-state index in [9.17, 15) is 10.2 Å². The number of benzene rings is 2. The highest BCUT2D eigenvalue weighted by molar-refractivity contribution is 5.88. The van der Waals surface area contributed by atoms with Crippen LogP contribution in [0.15, 0.2) is 36.4 Å². The Morgan fingerprint density at radius 3 is 2.30 bits per heavy atom. The van der Waals surface area contributed by atoms with Crippen LogP contribution in [0.2, 0.25) is 0 Å². The van der Waals surface area contributed by atoms with Crippen LogP contribution in [0.1, 0.15) is 17.5 Å². The second-order valence-electron chi connectivity index (χ2n) is 5.29. The predicted octanol–water partition coefficient (Wildman–Crippen LogP) is 2.02. The third kappa shape index (κ3) is 2.96. The third-order valence-corrected chi connectivity index (χ3v) is 3.94. The molecule has 0 spiro atoms. The fraction of sp³-hybridized carbons (Fsp3) is 0.375. The van der Waals surface area contributed by atoms with Crippen LogP contribution < -0.4 is 5.32 Å². The summed E-state index contributed by atoms with van der Waals surface area (Å²) in [5.41, 5.74) is 2.25. The number of aliphatic hydroxyl groups is 2. The average molecular weight is 294 g/mol. The zero-order valence-electron chi connectivity index (χ0n) is 11.2. The van der Waals surface area contributed by atoms with E-state index in [1.807, 2.05) is 18.2 Å². The van der Waals surface area contributed by atoms with Gasteiger partial charge in [-0.2, -0.15) is 0 Å². The molecule has 0 aromatic heterocycles. The Kier molecular flexibility index (Phi) is 5.00. The summed E-state index contributed by atoms with van der Waals surface area (Å²) in [6.07, 6.45) is 1.52. The molecule has 0 radical (unpaired) electrons. The molecular formula is C16H20ClNO2. The maximum atomic E-state index is 9.58. The number of fused-ring (bicyclic) bond motifs is 1. The molecular weight excluding hydrogens is 274 g/mol. The van der Waals surface area contributed by atoms with Gasteiger partial charge in [-0.25, -0.2) is 0 Å². The molecule has 1 heterocycles. The highest BCUT2D eigenvalue weighted by Crippen LogP contribution is 2.25. The van der Waals surface area contributed by atoms with Gasteiger partial charge in [-0.1, -0.05) is 36.4 Å². The van der Waals surface area contributed by atoms with Gasteiger partial charge in [-0.05, 0) is 34.7 Å². The molecule has 2 aromatic carbocycles. The van der Waals surface area contributed by atoms with Crippen LogP contribution in [0, 0.1) is 0 Å². The van der Waals surface area contributed by atoms with Crippen molar-refractivity contribution in [1.29, 1.82) is 0 Å². The lowest BCUT2D eigenvalue weighted by atomic mass is 9.95. The number of nitrogens with one attached hydrogen (secondary N) is 1. The van der Waals surface area contributed by atoms with Crippen molar-refractivity contribution in [2.75, 3.05) is 6.54 Å². The van der Waals surface area contributed by atoms with E-state index in [-0.39, 0.29) is 25.1 Å². The molecule has 108 valence electrons. The maximum Gasteiger partial charge on any atom is 0.0687 e. The van der Waals surface area contributed by atoms with E-state index < -0.39 is 0 Å². The fourth-order valence-electron chi connectivity index (χ4n) is 2.96. The average Bonchev–Trinajstić information content (AvgIpc) is 2.85. The quantitative estimate of drug-likeness (QED) is 0.811. The first-order valence-electron chi connectivity index (χ1n) is 6.79. The minimum atomic E-state index is -0.215. The second kappa shape index (κ2) is 6.55. The molecule has 0 saturated carbocycles. The Bertz CT molecular complexity index is 588. The number of hydrogen-bond acceptors (Lipinski definition) is 3. The Labute approximate surface area is 125 Å². The first-order valence-corrected chi connectivity index (χ1v) is 6.79. The number of hydrogen-bond donors (Lipinski definition) is 3. The van der Waals surface area contributed by atoms with E-state index in [1.54, 1.807) is 0 Å². The summed E-state index contributed by atoms with van der Waals surface area (Å²) in [5.74, 6) is 0. The minimum Gasteiger partial charge on any atom is -0.392 e. The van der Waals surface area contributed by atoms with Gasteiger partial charge in [0.05, 0.1) is 12.7 Å². The summed E-state index contributed by atoms with van der Waals surface area (Å²) in [6, 6.07) is 12.6. The summed E-state index contributed by atoms with van der Waals surface area (Å²) in [6.45, 7) is 0.762. The first-order chi connectivity index (χ1) is 9.28. The molecule has 0 amide bonds. The van der Waals surface area contributed by atoms with Crippen LogP contribution in [-0.4, -0.2) is 28.9 Å². The Balaban J connectivity index is 0.00000147.